The Kier molecular flexibility index (Phi) is 8.12. The monoisotopic (exact) mass is 402 g/mol. The number of nitrogens with two attached hydrogens (primary N) is 1. The lowest BCUT2D eigenvalue weighted by Crippen LogP contribution is -2.42. The number of nitrogens with zero attached hydrogens (tertiary/aromatic N) is 2. The van der Waals surface area contributed by atoms with E-state index in [1.165, 1.54) is 38.9 Å². The van der Waals surface area contributed by atoms with Gasteiger partial charge in [0.2, 0.25) is 0 Å². The second kappa shape index (κ2) is 10.8. The van der Waals surface area contributed by atoms with Gasteiger partial charge < -0.3 is 20.8 Å². The molecule has 0 radical (unpaired) electrons. The number of ether oxygens (including phenoxy) is 1. The maximum atomic E-state index is 7.95. The van der Waals surface area contributed by atoms with Gasteiger partial charge in [-0.3, -0.25) is 10.3 Å². The second-order valence-electron chi connectivity index (χ2n) is 8.59. The second-order valence-corrected chi connectivity index (χ2v) is 8.59. The van der Waals surface area contributed by atoms with Crippen LogP contribution in [-0.4, -0.2) is 59.1 Å². The van der Waals surface area contributed by atoms with Crippen LogP contribution in [0.1, 0.15) is 63.9 Å². The predicted octanol–water partition coefficient (Wildman–Crippen LogP) is 2.90. The standard InChI is InChI=1S/C22H38N6O/c1-3-4-16(2)29-21(24)6-5-20(23)22-26-14-18(27-22)13-17-8-11-28(12-9-17)19-7-10-25-15-19/h5,14,16-17,19,24-25H,3-4,6-13,15,23H2,1-2H3,(H,26,27)/b20-5+,24-21?/t16-,19?/m0/s1. The van der Waals surface area contributed by atoms with Crippen LogP contribution in [0, 0.1) is 11.3 Å². The molecule has 1 unspecified atom stereocenters. The number of nitrogens with one attached hydrogen (secondary N) is 3. The van der Waals surface area contributed by atoms with Gasteiger partial charge >= 0.3 is 0 Å². The average Bonchev–Trinajstić information content (AvgIpc) is 3.39. The molecule has 3 rings (SSSR count). The highest BCUT2D eigenvalue weighted by Crippen LogP contribution is 2.24. The van der Waals surface area contributed by atoms with E-state index in [0.717, 1.165) is 37.5 Å². The quantitative estimate of drug-likeness (QED) is 0.376. The molecule has 2 fully saturated rings. The lowest BCUT2D eigenvalue weighted by atomic mass is 9.91. The van der Waals surface area contributed by atoms with E-state index >= 15 is 0 Å². The van der Waals surface area contributed by atoms with E-state index < -0.39 is 0 Å². The summed E-state index contributed by atoms with van der Waals surface area (Å²) in [6.07, 6.45) is 11.0. The third-order valence-corrected chi connectivity index (χ3v) is 6.16. The van der Waals surface area contributed by atoms with Crippen molar-refractivity contribution in [3.8, 4) is 0 Å². The Bertz CT molecular complexity index is 671. The Morgan fingerprint density at radius 3 is 2.90 bits per heavy atom. The fraction of sp³-hybridized carbons (Fsp3) is 0.727. The van der Waals surface area contributed by atoms with Crippen LogP contribution in [0.4, 0.5) is 0 Å². The fourth-order valence-corrected chi connectivity index (χ4v) is 4.45. The Balaban J connectivity index is 1.43. The number of aromatic amines is 1. The first kappa shape index (κ1) is 21.8. The first-order chi connectivity index (χ1) is 14.0. The van der Waals surface area contributed by atoms with E-state index in [9.17, 15) is 0 Å². The van der Waals surface area contributed by atoms with Crippen molar-refractivity contribution in [2.45, 2.75) is 70.9 Å². The molecule has 2 saturated heterocycles. The van der Waals surface area contributed by atoms with E-state index in [1.54, 1.807) is 0 Å². The number of piperidine rings is 1. The van der Waals surface area contributed by atoms with E-state index in [1.807, 2.05) is 19.2 Å². The van der Waals surface area contributed by atoms with E-state index in [2.05, 4.69) is 27.1 Å². The normalized spacial score (nSPS) is 22.7. The third-order valence-electron chi connectivity index (χ3n) is 6.16. The summed E-state index contributed by atoms with van der Waals surface area (Å²) in [5.74, 6) is 1.66. The Hall–Kier alpha value is -1.86. The van der Waals surface area contributed by atoms with Crippen LogP contribution in [0.15, 0.2) is 12.3 Å². The predicted molar refractivity (Wildman–Crippen MR) is 118 cm³/mol. The van der Waals surface area contributed by atoms with Gasteiger partial charge in [-0.15, -0.1) is 0 Å². The van der Waals surface area contributed by atoms with Crippen LogP contribution < -0.4 is 11.1 Å². The Morgan fingerprint density at radius 1 is 1.41 bits per heavy atom. The number of hydrogen-bond acceptors (Lipinski definition) is 6. The van der Waals surface area contributed by atoms with E-state index in [0.29, 0.717) is 23.9 Å². The molecule has 0 aromatic carbocycles. The lowest BCUT2D eigenvalue weighted by molar-refractivity contribution is 0.140. The molecule has 7 nitrogen and oxygen atoms in total. The van der Waals surface area contributed by atoms with Gasteiger partial charge in [-0.25, -0.2) is 4.98 Å². The molecule has 0 bridgehead atoms. The van der Waals surface area contributed by atoms with Gasteiger partial charge in [0.1, 0.15) is 0 Å². The average molecular weight is 403 g/mol. The van der Waals surface area contributed by atoms with Gasteiger partial charge in [0.15, 0.2) is 11.7 Å². The largest absolute Gasteiger partial charge is 0.478 e. The molecule has 29 heavy (non-hydrogen) atoms. The van der Waals surface area contributed by atoms with Crippen molar-refractivity contribution in [3.63, 3.8) is 0 Å². The molecule has 0 saturated carbocycles. The number of aromatic nitrogens is 2. The summed E-state index contributed by atoms with van der Waals surface area (Å²) >= 11 is 0. The summed E-state index contributed by atoms with van der Waals surface area (Å²) in [7, 11) is 0. The molecule has 1 aromatic heterocycles. The maximum absolute atomic E-state index is 7.95. The van der Waals surface area contributed by atoms with Gasteiger partial charge in [-0.1, -0.05) is 13.3 Å². The molecule has 3 heterocycles. The molecule has 1 aromatic rings. The SMILES string of the molecule is CCC[C@H](C)OC(=N)C/C=C(/N)c1ncc(CC2CCN(C3CCNC3)CC2)[nH]1. The minimum atomic E-state index is 0.0775. The van der Waals surface area contributed by atoms with Gasteiger partial charge in [0.25, 0.3) is 0 Å². The zero-order valence-corrected chi connectivity index (χ0v) is 18.0. The first-order valence-electron chi connectivity index (χ1n) is 11.2. The van der Waals surface area contributed by atoms with Crippen LogP contribution in [0.25, 0.3) is 5.70 Å². The minimum Gasteiger partial charge on any atom is -0.478 e. The molecule has 162 valence electrons. The number of likely N-dealkylation sites (tertiary alicyclic amines) is 1. The zero-order chi connectivity index (χ0) is 20.6. The number of H-pyrrole nitrogens is 1. The van der Waals surface area contributed by atoms with Crippen molar-refractivity contribution in [3.05, 3.63) is 23.8 Å². The van der Waals surface area contributed by atoms with Crippen LogP contribution in [-0.2, 0) is 11.2 Å². The summed E-state index contributed by atoms with van der Waals surface area (Å²) in [4.78, 5) is 10.5. The molecular formula is C22H38N6O. The third kappa shape index (κ3) is 6.57. The molecule has 0 aliphatic carbocycles. The fourth-order valence-electron chi connectivity index (χ4n) is 4.45. The molecule has 0 amide bonds. The highest BCUT2D eigenvalue weighted by Gasteiger charge is 2.27. The molecule has 2 atom stereocenters. The van der Waals surface area contributed by atoms with Crippen molar-refractivity contribution in [1.29, 1.82) is 5.41 Å². The summed E-state index contributed by atoms with van der Waals surface area (Å²) in [6.45, 7) is 8.85. The lowest BCUT2D eigenvalue weighted by Gasteiger charge is -2.35. The van der Waals surface area contributed by atoms with Crippen molar-refractivity contribution < 1.29 is 4.74 Å². The summed E-state index contributed by atoms with van der Waals surface area (Å²) in [5, 5.41) is 11.4. The molecule has 2 aliphatic heterocycles. The Labute approximate surface area is 175 Å². The minimum absolute atomic E-state index is 0.0775. The molecular weight excluding hydrogens is 364 g/mol. The topological polar surface area (TPSA) is 103 Å². The molecule has 0 spiro atoms. The summed E-state index contributed by atoms with van der Waals surface area (Å²) in [6, 6.07) is 0.743. The van der Waals surface area contributed by atoms with Crippen LogP contribution >= 0.6 is 0 Å². The maximum Gasteiger partial charge on any atom is 0.184 e. The first-order valence-corrected chi connectivity index (χ1v) is 11.2. The number of imidazole rings is 1. The van der Waals surface area contributed by atoms with Crippen molar-refractivity contribution in [1.82, 2.24) is 20.2 Å². The number of hydrogen-bond donors (Lipinski definition) is 4. The highest BCUT2D eigenvalue weighted by molar-refractivity contribution is 5.76. The highest BCUT2D eigenvalue weighted by atomic mass is 16.5. The smallest absolute Gasteiger partial charge is 0.184 e. The molecule has 5 N–H and O–H groups in total. The van der Waals surface area contributed by atoms with E-state index in [4.69, 9.17) is 15.9 Å². The molecule has 2 aliphatic rings. The molecule has 7 heteroatoms. The van der Waals surface area contributed by atoms with Crippen LogP contribution in [0.2, 0.25) is 0 Å². The Morgan fingerprint density at radius 2 is 2.21 bits per heavy atom. The van der Waals surface area contributed by atoms with Crippen molar-refractivity contribution in [2.24, 2.45) is 11.7 Å². The zero-order valence-electron chi connectivity index (χ0n) is 18.0. The van der Waals surface area contributed by atoms with Crippen LogP contribution in [0.3, 0.4) is 0 Å². The van der Waals surface area contributed by atoms with Crippen molar-refractivity contribution in [2.75, 3.05) is 26.2 Å². The number of rotatable bonds is 9. The van der Waals surface area contributed by atoms with Crippen molar-refractivity contribution >= 4 is 11.6 Å². The van der Waals surface area contributed by atoms with Crippen LogP contribution in [0.5, 0.6) is 0 Å². The summed E-state index contributed by atoms with van der Waals surface area (Å²) in [5.41, 5.74) is 7.90. The van der Waals surface area contributed by atoms with Gasteiger partial charge in [-0.05, 0) is 70.7 Å². The van der Waals surface area contributed by atoms with Gasteiger partial charge in [0.05, 0.1) is 11.8 Å². The van der Waals surface area contributed by atoms with Gasteiger partial charge in [0, 0.05) is 30.9 Å². The van der Waals surface area contributed by atoms with Gasteiger partial charge in [-0.2, -0.15) is 0 Å². The van der Waals surface area contributed by atoms with E-state index in [-0.39, 0.29) is 12.0 Å². The summed E-state index contributed by atoms with van der Waals surface area (Å²) < 4.78 is 5.57.